The van der Waals surface area contributed by atoms with E-state index in [1.807, 2.05) is 17.0 Å². The second kappa shape index (κ2) is 5.78. The summed E-state index contributed by atoms with van der Waals surface area (Å²) in [4.78, 5) is 17.0. The molecular formula is C17H25N3O. The van der Waals surface area contributed by atoms with Crippen LogP contribution < -0.4 is 10.6 Å². The molecule has 2 N–H and O–H groups in total. The maximum absolute atomic E-state index is 12.8. The lowest BCUT2D eigenvalue weighted by molar-refractivity contribution is -0.120. The normalized spacial score (nSPS) is 28.9. The van der Waals surface area contributed by atoms with Crippen molar-refractivity contribution >= 4 is 11.6 Å². The molecule has 1 aromatic carbocycles. The highest BCUT2D eigenvalue weighted by Crippen LogP contribution is 2.32. The number of likely N-dealkylation sites (tertiary alicyclic amines) is 1. The quantitative estimate of drug-likeness (QED) is 0.919. The van der Waals surface area contributed by atoms with Crippen molar-refractivity contribution in [1.29, 1.82) is 0 Å². The van der Waals surface area contributed by atoms with Crippen LogP contribution in [-0.2, 0) is 11.2 Å². The van der Waals surface area contributed by atoms with Gasteiger partial charge in [0.2, 0.25) is 5.91 Å². The molecule has 3 atom stereocenters. The molecule has 2 aliphatic rings. The number of carbonyl (C=O) groups is 1. The fraction of sp³-hybridized carbons (Fsp3) is 0.588. The summed E-state index contributed by atoms with van der Waals surface area (Å²) in [6.07, 6.45) is 2.07. The molecule has 0 saturated carbocycles. The van der Waals surface area contributed by atoms with Gasteiger partial charge < -0.3 is 10.6 Å². The molecule has 4 heteroatoms. The average Bonchev–Trinajstić information content (AvgIpc) is 2.98. The number of fused-ring (bicyclic) bond motifs is 1. The van der Waals surface area contributed by atoms with E-state index >= 15 is 0 Å². The number of hydrogen-bond acceptors (Lipinski definition) is 3. The first-order valence-corrected chi connectivity index (χ1v) is 7.94. The summed E-state index contributed by atoms with van der Waals surface area (Å²) in [5, 5.41) is 0. The molecule has 1 saturated heterocycles. The monoisotopic (exact) mass is 287 g/mol. The predicted octanol–water partition coefficient (Wildman–Crippen LogP) is 1.63. The van der Waals surface area contributed by atoms with Crippen molar-refractivity contribution in [2.45, 2.75) is 38.8 Å². The van der Waals surface area contributed by atoms with Gasteiger partial charge in [-0.05, 0) is 50.8 Å². The number of carbonyl (C=O) groups excluding carboxylic acids is 1. The number of nitrogens with zero attached hydrogens (tertiary/aromatic N) is 2. The van der Waals surface area contributed by atoms with Crippen LogP contribution in [0, 0.1) is 5.92 Å². The van der Waals surface area contributed by atoms with Gasteiger partial charge in [-0.15, -0.1) is 0 Å². The van der Waals surface area contributed by atoms with Crippen LogP contribution in [0.15, 0.2) is 24.3 Å². The van der Waals surface area contributed by atoms with Crippen molar-refractivity contribution in [3.8, 4) is 0 Å². The van der Waals surface area contributed by atoms with Gasteiger partial charge >= 0.3 is 0 Å². The zero-order valence-electron chi connectivity index (χ0n) is 13.0. The third-order valence-corrected chi connectivity index (χ3v) is 4.94. The third-order valence-electron chi connectivity index (χ3n) is 4.94. The minimum Gasteiger partial charge on any atom is -0.330 e. The van der Waals surface area contributed by atoms with Gasteiger partial charge in [0.1, 0.15) is 0 Å². The minimum atomic E-state index is 0.219. The van der Waals surface area contributed by atoms with Gasteiger partial charge in [-0.1, -0.05) is 18.2 Å². The molecule has 3 unspecified atom stereocenters. The molecule has 1 aromatic rings. The molecule has 21 heavy (non-hydrogen) atoms. The molecule has 0 bridgehead atoms. The largest absolute Gasteiger partial charge is 0.330 e. The summed E-state index contributed by atoms with van der Waals surface area (Å²) in [5.41, 5.74) is 8.15. The highest BCUT2D eigenvalue weighted by molar-refractivity contribution is 5.97. The van der Waals surface area contributed by atoms with Gasteiger partial charge in [0.25, 0.3) is 0 Å². The Hall–Kier alpha value is -1.39. The maximum Gasteiger partial charge on any atom is 0.241 e. The van der Waals surface area contributed by atoms with E-state index in [0.717, 1.165) is 31.6 Å². The standard InChI is InChI=1S/C17H25N3O/c1-12-7-14(9-18)10-19(12)11-17(21)20-13(2)8-15-5-3-4-6-16(15)20/h3-6,12-14H,7-11,18H2,1-2H3. The first-order chi connectivity index (χ1) is 10.1. The van der Waals surface area contributed by atoms with Crippen LogP contribution in [0.1, 0.15) is 25.8 Å². The van der Waals surface area contributed by atoms with E-state index in [1.54, 1.807) is 0 Å². The molecular weight excluding hydrogens is 262 g/mol. The van der Waals surface area contributed by atoms with E-state index < -0.39 is 0 Å². The van der Waals surface area contributed by atoms with E-state index in [0.29, 0.717) is 18.5 Å². The number of nitrogens with two attached hydrogens (primary N) is 1. The molecule has 114 valence electrons. The highest BCUT2D eigenvalue weighted by atomic mass is 16.2. The van der Waals surface area contributed by atoms with Crippen LogP contribution in [0.2, 0.25) is 0 Å². The number of benzene rings is 1. The maximum atomic E-state index is 12.8. The summed E-state index contributed by atoms with van der Waals surface area (Å²) in [5.74, 6) is 0.757. The summed E-state index contributed by atoms with van der Waals surface area (Å²) in [6.45, 7) is 6.51. The number of hydrogen-bond donors (Lipinski definition) is 1. The zero-order chi connectivity index (χ0) is 15.0. The molecule has 2 aliphatic heterocycles. The minimum absolute atomic E-state index is 0.219. The van der Waals surface area contributed by atoms with Gasteiger partial charge in [0.05, 0.1) is 6.54 Å². The average molecular weight is 287 g/mol. The van der Waals surface area contributed by atoms with Crippen molar-refractivity contribution in [3.05, 3.63) is 29.8 Å². The van der Waals surface area contributed by atoms with E-state index in [4.69, 9.17) is 5.73 Å². The van der Waals surface area contributed by atoms with Crippen LogP contribution in [0.3, 0.4) is 0 Å². The van der Waals surface area contributed by atoms with Crippen LogP contribution in [0.5, 0.6) is 0 Å². The van der Waals surface area contributed by atoms with Crippen LogP contribution >= 0.6 is 0 Å². The van der Waals surface area contributed by atoms with Crippen LogP contribution in [0.25, 0.3) is 0 Å². The molecule has 0 radical (unpaired) electrons. The second-order valence-corrected chi connectivity index (χ2v) is 6.56. The van der Waals surface area contributed by atoms with Crippen molar-refractivity contribution < 1.29 is 4.79 Å². The molecule has 0 spiro atoms. The summed E-state index contributed by atoms with van der Waals surface area (Å²) in [6, 6.07) is 8.97. The molecule has 0 aliphatic carbocycles. The van der Waals surface area contributed by atoms with Crippen LogP contribution in [0.4, 0.5) is 5.69 Å². The lowest BCUT2D eigenvalue weighted by Gasteiger charge is -2.27. The lowest BCUT2D eigenvalue weighted by atomic mass is 10.1. The third kappa shape index (κ3) is 2.70. The summed E-state index contributed by atoms with van der Waals surface area (Å²) < 4.78 is 0. The van der Waals surface area contributed by atoms with Gasteiger partial charge in [0, 0.05) is 24.3 Å². The Balaban J connectivity index is 1.71. The van der Waals surface area contributed by atoms with Gasteiger partial charge in [-0.3, -0.25) is 9.69 Å². The lowest BCUT2D eigenvalue weighted by Crippen LogP contribution is -2.44. The summed E-state index contributed by atoms with van der Waals surface area (Å²) in [7, 11) is 0. The van der Waals surface area contributed by atoms with E-state index in [-0.39, 0.29) is 11.9 Å². The summed E-state index contributed by atoms with van der Waals surface area (Å²) >= 11 is 0. The number of rotatable bonds is 3. The van der Waals surface area contributed by atoms with Gasteiger partial charge in [-0.2, -0.15) is 0 Å². The Morgan fingerprint density at radius 2 is 2.05 bits per heavy atom. The Labute approximate surface area is 126 Å². The zero-order valence-corrected chi connectivity index (χ0v) is 13.0. The molecule has 3 rings (SSSR count). The topological polar surface area (TPSA) is 49.6 Å². The number of amides is 1. The van der Waals surface area contributed by atoms with E-state index in [9.17, 15) is 4.79 Å². The molecule has 1 fully saturated rings. The molecule has 4 nitrogen and oxygen atoms in total. The van der Waals surface area contributed by atoms with Crippen molar-refractivity contribution in [2.24, 2.45) is 11.7 Å². The van der Waals surface area contributed by atoms with Crippen LogP contribution in [-0.4, -0.2) is 42.5 Å². The number of anilines is 1. The Morgan fingerprint density at radius 1 is 1.29 bits per heavy atom. The van der Waals surface area contributed by atoms with E-state index in [2.05, 4.69) is 30.9 Å². The second-order valence-electron chi connectivity index (χ2n) is 6.56. The SMILES string of the molecule is CC1CC(CN)CN1CC(=O)N1c2ccccc2CC1C. The molecule has 0 aromatic heterocycles. The van der Waals surface area contributed by atoms with Crippen molar-refractivity contribution in [1.82, 2.24) is 4.90 Å². The Morgan fingerprint density at radius 3 is 2.76 bits per heavy atom. The fourth-order valence-corrected chi connectivity index (χ4v) is 3.80. The number of para-hydroxylation sites is 1. The fourth-order valence-electron chi connectivity index (χ4n) is 3.80. The first-order valence-electron chi connectivity index (χ1n) is 7.94. The first kappa shape index (κ1) is 14.5. The van der Waals surface area contributed by atoms with Crippen molar-refractivity contribution in [3.63, 3.8) is 0 Å². The highest BCUT2D eigenvalue weighted by Gasteiger charge is 2.34. The van der Waals surface area contributed by atoms with E-state index in [1.165, 1.54) is 5.56 Å². The van der Waals surface area contributed by atoms with Crippen molar-refractivity contribution in [2.75, 3.05) is 24.5 Å². The molecule has 1 amide bonds. The Kier molecular flexibility index (Phi) is 4.00. The Bertz CT molecular complexity index is 531. The smallest absolute Gasteiger partial charge is 0.241 e. The molecule has 2 heterocycles. The van der Waals surface area contributed by atoms with Gasteiger partial charge in [-0.25, -0.2) is 0 Å². The van der Waals surface area contributed by atoms with Gasteiger partial charge in [0.15, 0.2) is 0 Å². The predicted molar refractivity (Wildman–Crippen MR) is 85.3 cm³/mol.